The number of fused-ring (bicyclic) bond motifs is 1. The number of rotatable bonds is 5. The summed E-state index contributed by atoms with van der Waals surface area (Å²) in [7, 11) is -3.67. The zero-order chi connectivity index (χ0) is 20.4. The number of piperazine rings is 1. The molecule has 1 aliphatic heterocycles. The molecule has 1 aromatic carbocycles. The van der Waals surface area contributed by atoms with E-state index in [0.29, 0.717) is 19.6 Å². The lowest BCUT2D eigenvalue weighted by Crippen LogP contribution is -2.54. The zero-order valence-corrected chi connectivity index (χ0v) is 16.9. The Balaban J connectivity index is 1.60. The Bertz CT molecular complexity index is 1120. The summed E-state index contributed by atoms with van der Waals surface area (Å²) in [6.45, 7) is 3.06. The maximum absolute atomic E-state index is 13.0. The first-order valence-electron chi connectivity index (χ1n) is 9.48. The maximum atomic E-state index is 13.0. The summed E-state index contributed by atoms with van der Waals surface area (Å²) >= 11 is 0. The summed E-state index contributed by atoms with van der Waals surface area (Å²) in [6.07, 6.45) is 4.13. The topological polar surface area (TPSA) is 83.5 Å². The highest BCUT2D eigenvalue weighted by Gasteiger charge is 2.37. The summed E-state index contributed by atoms with van der Waals surface area (Å²) in [6, 6.07) is 13.7. The van der Waals surface area contributed by atoms with Crippen molar-refractivity contribution < 1.29 is 13.2 Å². The molecular formula is C21H22N4O3S. The van der Waals surface area contributed by atoms with Crippen molar-refractivity contribution in [2.75, 3.05) is 19.6 Å². The van der Waals surface area contributed by atoms with E-state index >= 15 is 0 Å². The molecule has 0 radical (unpaired) electrons. The zero-order valence-electron chi connectivity index (χ0n) is 16.0. The van der Waals surface area contributed by atoms with Gasteiger partial charge >= 0.3 is 0 Å². The minimum absolute atomic E-state index is 0.0485. The molecule has 150 valence electrons. The van der Waals surface area contributed by atoms with Crippen molar-refractivity contribution >= 4 is 27.2 Å². The third-order valence-electron chi connectivity index (χ3n) is 5.33. The Morgan fingerprint density at radius 3 is 2.59 bits per heavy atom. The Hall–Kier alpha value is -2.68. The highest BCUT2D eigenvalue weighted by atomic mass is 32.2. The van der Waals surface area contributed by atoms with Gasteiger partial charge in [0.1, 0.15) is 6.29 Å². The predicted octanol–water partition coefficient (Wildman–Crippen LogP) is 2.26. The van der Waals surface area contributed by atoms with E-state index in [1.807, 2.05) is 42.2 Å². The van der Waals surface area contributed by atoms with Crippen molar-refractivity contribution in [1.82, 2.24) is 19.2 Å². The van der Waals surface area contributed by atoms with Crippen LogP contribution in [0.15, 0.2) is 66.0 Å². The standard InChI is InChI=1S/C21H22N4O3S/c1-16-14-24(12-13-25(16)29(27,28)21-9-2-3-10-23-21)20(15-26)18-6-4-8-19-17(18)7-5-11-22-19/h2-11,15-16,20H,12-14H2,1H3/t16-,20?/m1/s1. The summed E-state index contributed by atoms with van der Waals surface area (Å²) < 4.78 is 27.4. The molecule has 7 nitrogen and oxygen atoms in total. The second-order valence-electron chi connectivity index (χ2n) is 7.13. The summed E-state index contributed by atoms with van der Waals surface area (Å²) in [5.41, 5.74) is 1.72. The van der Waals surface area contributed by atoms with Crippen LogP contribution in [0.4, 0.5) is 0 Å². The van der Waals surface area contributed by atoms with Crippen LogP contribution < -0.4 is 0 Å². The highest BCUT2D eigenvalue weighted by Crippen LogP contribution is 2.29. The second kappa shape index (κ2) is 7.98. The fourth-order valence-electron chi connectivity index (χ4n) is 3.94. The van der Waals surface area contributed by atoms with Crippen LogP contribution in [0.25, 0.3) is 10.9 Å². The molecule has 1 aliphatic rings. The van der Waals surface area contributed by atoms with Gasteiger partial charge in [0.05, 0.1) is 11.6 Å². The van der Waals surface area contributed by atoms with Crippen LogP contribution in [0.5, 0.6) is 0 Å². The van der Waals surface area contributed by atoms with E-state index in [1.54, 1.807) is 18.3 Å². The molecule has 2 atom stereocenters. The SMILES string of the molecule is C[C@@H]1CN(C(C=O)c2cccc3ncccc23)CCN1S(=O)(=O)c1ccccn1. The van der Waals surface area contributed by atoms with E-state index in [1.165, 1.54) is 16.6 Å². The van der Waals surface area contributed by atoms with Crippen molar-refractivity contribution in [1.29, 1.82) is 0 Å². The molecule has 1 saturated heterocycles. The highest BCUT2D eigenvalue weighted by molar-refractivity contribution is 7.89. The summed E-state index contributed by atoms with van der Waals surface area (Å²) in [5, 5.41) is 0.982. The van der Waals surface area contributed by atoms with Crippen LogP contribution in [0, 0.1) is 0 Å². The van der Waals surface area contributed by atoms with Crippen LogP contribution >= 0.6 is 0 Å². The minimum Gasteiger partial charge on any atom is -0.301 e. The first-order chi connectivity index (χ1) is 14.0. The fraction of sp³-hybridized carbons (Fsp3) is 0.286. The van der Waals surface area contributed by atoms with E-state index in [2.05, 4.69) is 9.97 Å². The molecule has 0 bridgehead atoms. The normalized spacial score (nSPS) is 19.8. The maximum Gasteiger partial charge on any atom is 0.260 e. The fourth-order valence-corrected chi connectivity index (χ4v) is 5.49. The van der Waals surface area contributed by atoms with E-state index in [4.69, 9.17) is 0 Å². The molecule has 8 heteroatoms. The van der Waals surface area contributed by atoms with E-state index in [-0.39, 0.29) is 11.1 Å². The van der Waals surface area contributed by atoms with E-state index in [9.17, 15) is 13.2 Å². The average Bonchev–Trinajstić information content (AvgIpc) is 2.75. The lowest BCUT2D eigenvalue weighted by Gasteiger charge is -2.41. The second-order valence-corrected chi connectivity index (χ2v) is 8.96. The van der Waals surface area contributed by atoms with Crippen LogP contribution in [-0.4, -0.2) is 59.6 Å². The third-order valence-corrected chi connectivity index (χ3v) is 7.26. The van der Waals surface area contributed by atoms with E-state index in [0.717, 1.165) is 22.8 Å². The molecule has 29 heavy (non-hydrogen) atoms. The number of sulfonamides is 1. The Kier molecular flexibility index (Phi) is 5.40. The number of carbonyl (C=O) groups excluding carboxylic acids is 1. The molecule has 2 aromatic heterocycles. The Morgan fingerprint density at radius 1 is 1.03 bits per heavy atom. The molecule has 3 heterocycles. The molecule has 3 aromatic rings. The lowest BCUT2D eigenvalue weighted by atomic mass is 10.00. The number of aromatic nitrogens is 2. The number of carbonyl (C=O) groups is 1. The summed E-state index contributed by atoms with van der Waals surface area (Å²) in [4.78, 5) is 22.5. The van der Waals surface area contributed by atoms with Crippen molar-refractivity contribution in [3.05, 3.63) is 66.5 Å². The Morgan fingerprint density at radius 2 is 1.86 bits per heavy atom. The van der Waals surface area contributed by atoms with Gasteiger partial charge in [-0.2, -0.15) is 4.31 Å². The van der Waals surface area contributed by atoms with Gasteiger partial charge in [-0.25, -0.2) is 13.4 Å². The average molecular weight is 410 g/mol. The number of pyridine rings is 2. The van der Waals surface area contributed by atoms with E-state index < -0.39 is 16.1 Å². The van der Waals surface area contributed by atoms with Gasteiger partial charge in [-0.1, -0.05) is 24.3 Å². The lowest BCUT2D eigenvalue weighted by molar-refractivity contribution is -0.113. The van der Waals surface area contributed by atoms with Crippen LogP contribution in [0.2, 0.25) is 0 Å². The van der Waals surface area contributed by atoms with Crippen molar-refractivity contribution in [3.63, 3.8) is 0 Å². The number of benzene rings is 1. The number of aldehydes is 1. The van der Waals surface area contributed by atoms with Crippen LogP contribution in [0.1, 0.15) is 18.5 Å². The van der Waals surface area contributed by atoms with Gasteiger partial charge in [0.15, 0.2) is 5.03 Å². The first kappa shape index (κ1) is 19.6. The van der Waals surface area contributed by atoms with Gasteiger partial charge in [-0.15, -0.1) is 0 Å². The molecule has 4 rings (SSSR count). The molecule has 0 saturated carbocycles. The monoisotopic (exact) mass is 410 g/mol. The Labute approximate surface area is 170 Å². The number of nitrogens with zero attached hydrogens (tertiary/aromatic N) is 4. The third kappa shape index (κ3) is 3.66. The van der Waals surface area contributed by atoms with Crippen molar-refractivity contribution in [3.8, 4) is 0 Å². The molecular weight excluding hydrogens is 388 g/mol. The molecule has 0 spiro atoms. The minimum atomic E-state index is -3.67. The molecule has 1 unspecified atom stereocenters. The smallest absolute Gasteiger partial charge is 0.260 e. The quantitative estimate of drug-likeness (QED) is 0.600. The first-order valence-corrected chi connectivity index (χ1v) is 10.9. The molecule has 0 aliphatic carbocycles. The van der Waals surface area contributed by atoms with Crippen LogP contribution in [0.3, 0.4) is 0 Å². The van der Waals surface area contributed by atoms with Gasteiger partial charge in [0, 0.05) is 43.5 Å². The number of hydrogen-bond donors (Lipinski definition) is 0. The van der Waals surface area contributed by atoms with Crippen LogP contribution in [-0.2, 0) is 14.8 Å². The van der Waals surface area contributed by atoms with Gasteiger partial charge in [-0.3, -0.25) is 9.88 Å². The summed E-state index contributed by atoms with van der Waals surface area (Å²) in [5.74, 6) is 0. The van der Waals surface area contributed by atoms with Gasteiger partial charge in [0.25, 0.3) is 10.0 Å². The molecule has 0 N–H and O–H groups in total. The molecule has 0 amide bonds. The number of hydrogen-bond acceptors (Lipinski definition) is 6. The van der Waals surface area contributed by atoms with Crippen molar-refractivity contribution in [2.45, 2.75) is 24.0 Å². The molecule has 1 fully saturated rings. The van der Waals surface area contributed by atoms with Gasteiger partial charge < -0.3 is 4.79 Å². The van der Waals surface area contributed by atoms with Crippen molar-refractivity contribution in [2.24, 2.45) is 0 Å². The largest absolute Gasteiger partial charge is 0.301 e. The van der Waals surface area contributed by atoms with Gasteiger partial charge in [-0.05, 0) is 36.8 Å². The van der Waals surface area contributed by atoms with Gasteiger partial charge in [0.2, 0.25) is 0 Å². The predicted molar refractivity (Wildman–Crippen MR) is 110 cm³/mol.